The van der Waals surface area contributed by atoms with Crippen molar-refractivity contribution in [3.63, 3.8) is 0 Å². The highest BCUT2D eigenvalue weighted by Crippen LogP contribution is 2.30. The van der Waals surface area contributed by atoms with Crippen molar-refractivity contribution in [2.24, 2.45) is 0 Å². The largest absolute Gasteiger partial charge is 0.359 e. The van der Waals surface area contributed by atoms with E-state index in [9.17, 15) is 4.39 Å². The van der Waals surface area contributed by atoms with E-state index in [1.165, 1.54) is 44.2 Å². The summed E-state index contributed by atoms with van der Waals surface area (Å²) >= 11 is 1.60. The van der Waals surface area contributed by atoms with Crippen LogP contribution in [0.15, 0.2) is 30.3 Å². The molecular weight excluding hydrogens is 311 g/mol. The summed E-state index contributed by atoms with van der Waals surface area (Å²) in [5.41, 5.74) is 2.26. The molecule has 118 valence electrons. The van der Waals surface area contributed by atoms with Crippen LogP contribution >= 0.6 is 11.3 Å². The maximum atomic E-state index is 13.0. The van der Waals surface area contributed by atoms with Crippen LogP contribution in [-0.4, -0.2) is 21.2 Å². The molecule has 0 atom stereocenters. The maximum absolute atomic E-state index is 13.0. The average Bonchev–Trinajstić information content (AvgIpc) is 2.98. The predicted molar refractivity (Wildman–Crippen MR) is 91.1 cm³/mol. The summed E-state index contributed by atoms with van der Waals surface area (Å²) in [5, 5.41) is 12.9. The molecule has 2 heterocycles. The van der Waals surface area contributed by atoms with Crippen LogP contribution < -0.4 is 5.32 Å². The zero-order valence-corrected chi connectivity index (χ0v) is 13.4. The fraction of sp³-hybridized carbons (Fsp3) is 0.353. The predicted octanol–water partition coefficient (Wildman–Crippen LogP) is 4.64. The zero-order valence-electron chi connectivity index (χ0n) is 12.6. The van der Waals surface area contributed by atoms with Gasteiger partial charge in [0.2, 0.25) is 0 Å². The summed E-state index contributed by atoms with van der Waals surface area (Å²) in [4.78, 5) is 4.53. The number of fused-ring (bicyclic) bond motifs is 1. The van der Waals surface area contributed by atoms with Gasteiger partial charge in [0.1, 0.15) is 5.82 Å². The molecule has 0 unspecified atom stereocenters. The molecule has 0 aliphatic heterocycles. The lowest BCUT2D eigenvalue weighted by atomic mass is 9.96. The van der Waals surface area contributed by atoms with Gasteiger partial charge < -0.3 is 5.32 Å². The Morgan fingerprint density at radius 3 is 2.61 bits per heavy atom. The van der Waals surface area contributed by atoms with Crippen LogP contribution in [0.1, 0.15) is 32.1 Å². The lowest BCUT2D eigenvalue weighted by Gasteiger charge is -2.22. The van der Waals surface area contributed by atoms with E-state index in [2.05, 4.69) is 20.5 Å². The van der Waals surface area contributed by atoms with Gasteiger partial charge in [0, 0.05) is 11.6 Å². The standard InChI is InChI=1S/C17H17FN4S/c18-12-8-6-11(7-9-12)14-10-15-16(22-21-14)20-17(23-15)19-13-4-2-1-3-5-13/h6-10,13H,1-5H2,(H,19,20,22). The van der Waals surface area contributed by atoms with E-state index in [4.69, 9.17) is 0 Å². The van der Waals surface area contributed by atoms with Crippen LogP contribution in [0.25, 0.3) is 21.6 Å². The van der Waals surface area contributed by atoms with Crippen molar-refractivity contribution in [3.8, 4) is 11.3 Å². The normalized spacial score (nSPS) is 15.9. The number of nitrogens with zero attached hydrogens (tertiary/aromatic N) is 3. The first-order chi connectivity index (χ1) is 11.3. The van der Waals surface area contributed by atoms with Gasteiger partial charge in [-0.25, -0.2) is 4.39 Å². The number of anilines is 1. The van der Waals surface area contributed by atoms with Gasteiger partial charge in [0.25, 0.3) is 0 Å². The molecule has 3 aromatic rings. The van der Waals surface area contributed by atoms with Crippen molar-refractivity contribution >= 4 is 26.8 Å². The second-order valence-corrected chi connectivity index (χ2v) is 6.95. The van der Waals surface area contributed by atoms with E-state index in [-0.39, 0.29) is 5.82 Å². The summed E-state index contributed by atoms with van der Waals surface area (Å²) in [6.07, 6.45) is 6.34. The van der Waals surface area contributed by atoms with E-state index < -0.39 is 0 Å². The lowest BCUT2D eigenvalue weighted by Crippen LogP contribution is -2.21. The first-order valence-corrected chi connectivity index (χ1v) is 8.76. The van der Waals surface area contributed by atoms with Crippen molar-refractivity contribution in [1.29, 1.82) is 0 Å². The Bertz CT molecular complexity index is 809. The first-order valence-electron chi connectivity index (χ1n) is 7.95. The molecule has 1 aliphatic carbocycles. The molecule has 23 heavy (non-hydrogen) atoms. The van der Waals surface area contributed by atoms with Crippen LogP contribution in [0, 0.1) is 5.82 Å². The maximum Gasteiger partial charge on any atom is 0.194 e. The summed E-state index contributed by atoms with van der Waals surface area (Å²) < 4.78 is 14.0. The summed E-state index contributed by atoms with van der Waals surface area (Å²) in [6, 6.07) is 8.79. The molecule has 1 N–H and O–H groups in total. The van der Waals surface area contributed by atoms with Crippen molar-refractivity contribution in [2.75, 3.05) is 5.32 Å². The van der Waals surface area contributed by atoms with E-state index in [1.807, 2.05) is 6.07 Å². The van der Waals surface area contributed by atoms with Gasteiger partial charge in [-0.15, -0.1) is 10.2 Å². The first kappa shape index (κ1) is 14.5. The molecular formula is C17H17FN4S. The van der Waals surface area contributed by atoms with Crippen LogP contribution in [0.2, 0.25) is 0 Å². The Morgan fingerprint density at radius 1 is 1.04 bits per heavy atom. The van der Waals surface area contributed by atoms with E-state index in [0.717, 1.165) is 21.1 Å². The average molecular weight is 328 g/mol. The van der Waals surface area contributed by atoms with Crippen molar-refractivity contribution in [2.45, 2.75) is 38.1 Å². The highest BCUT2D eigenvalue weighted by Gasteiger charge is 2.15. The van der Waals surface area contributed by atoms with Crippen LogP contribution in [0.3, 0.4) is 0 Å². The van der Waals surface area contributed by atoms with Gasteiger partial charge >= 0.3 is 0 Å². The monoisotopic (exact) mass is 328 g/mol. The topological polar surface area (TPSA) is 50.7 Å². The Balaban J connectivity index is 1.60. The highest BCUT2D eigenvalue weighted by molar-refractivity contribution is 7.22. The number of rotatable bonds is 3. The van der Waals surface area contributed by atoms with Crippen LogP contribution in [0.4, 0.5) is 9.52 Å². The highest BCUT2D eigenvalue weighted by atomic mass is 32.1. The van der Waals surface area contributed by atoms with E-state index in [1.54, 1.807) is 23.5 Å². The molecule has 6 heteroatoms. The zero-order chi connectivity index (χ0) is 15.6. The fourth-order valence-electron chi connectivity index (χ4n) is 2.99. The molecule has 4 nitrogen and oxygen atoms in total. The fourth-order valence-corrected chi connectivity index (χ4v) is 3.90. The van der Waals surface area contributed by atoms with Gasteiger partial charge in [-0.1, -0.05) is 30.6 Å². The molecule has 0 spiro atoms. The number of thiazole rings is 1. The Labute approximate surface area is 137 Å². The smallest absolute Gasteiger partial charge is 0.194 e. The molecule has 4 rings (SSSR count). The summed E-state index contributed by atoms with van der Waals surface area (Å²) in [6.45, 7) is 0. The van der Waals surface area contributed by atoms with E-state index in [0.29, 0.717) is 11.7 Å². The molecule has 1 fully saturated rings. The van der Waals surface area contributed by atoms with Gasteiger partial charge in [0.15, 0.2) is 10.8 Å². The van der Waals surface area contributed by atoms with Crippen LogP contribution in [-0.2, 0) is 0 Å². The molecule has 0 radical (unpaired) electrons. The van der Waals surface area contributed by atoms with Crippen LogP contribution in [0.5, 0.6) is 0 Å². The molecule has 0 saturated heterocycles. The third-order valence-corrected chi connectivity index (χ3v) is 5.15. The third-order valence-electron chi connectivity index (χ3n) is 4.23. The van der Waals surface area contributed by atoms with Crippen molar-refractivity contribution < 1.29 is 4.39 Å². The number of hydrogen-bond acceptors (Lipinski definition) is 5. The Morgan fingerprint density at radius 2 is 1.83 bits per heavy atom. The molecule has 2 aromatic heterocycles. The number of aromatic nitrogens is 3. The minimum Gasteiger partial charge on any atom is -0.359 e. The van der Waals surface area contributed by atoms with Crippen molar-refractivity contribution in [3.05, 3.63) is 36.1 Å². The lowest BCUT2D eigenvalue weighted by molar-refractivity contribution is 0.462. The molecule has 1 aliphatic rings. The van der Waals surface area contributed by atoms with Gasteiger partial charge in [-0.05, 0) is 43.2 Å². The SMILES string of the molecule is Fc1ccc(-c2cc3sc(NC4CCCCC4)nc3nn2)cc1. The molecule has 1 saturated carbocycles. The van der Waals surface area contributed by atoms with E-state index >= 15 is 0 Å². The van der Waals surface area contributed by atoms with Gasteiger partial charge in [0.05, 0.1) is 10.4 Å². The minimum atomic E-state index is -0.250. The molecule has 0 amide bonds. The second kappa shape index (κ2) is 6.20. The Kier molecular flexibility index (Phi) is 3.91. The summed E-state index contributed by atoms with van der Waals surface area (Å²) in [7, 11) is 0. The second-order valence-electron chi connectivity index (χ2n) is 5.92. The number of nitrogens with one attached hydrogen (secondary N) is 1. The number of benzene rings is 1. The molecule has 1 aromatic carbocycles. The van der Waals surface area contributed by atoms with Crippen molar-refractivity contribution in [1.82, 2.24) is 15.2 Å². The third kappa shape index (κ3) is 3.17. The Hall–Kier alpha value is -2.08. The number of hydrogen-bond donors (Lipinski definition) is 1. The van der Waals surface area contributed by atoms with Gasteiger partial charge in [-0.2, -0.15) is 4.98 Å². The molecule has 0 bridgehead atoms. The van der Waals surface area contributed by atoms with Gasteiger partial charge in [-0.3, -0.25) is 0 Å². The quantitative estimate of drug-likeness (QED) is 0.761. The summed E-state index contributed by atoms with van der Waals surface area (Å²) in [5.74, 6) is -0.250. The number of halogens is 1. The minimum absolute atomic E-state index is 0.250.